The molecule has 1 fully saturated rings. The van der Waals surface area contributed by atoms with Gasteiger partial charge in [0.25, 0.3) is 0 Å². The molecule has 0 aromatic heterocycles. The Morgan fingerprint density at radius 2 is 1.75 bits per heavy atom. The molecule has 1 saturated carbocycles. The van der Waals surface area contributed by atoms with Crippen molar-refractivity contribution in [1.82, 2.24) is 5.32 Å². The molecule has 1 amide bonds. The molecule has 2 unspecified atom stereocenters. The molecule has 28 heavy (non-hydrogen) atoms. The Morgan fingerprint density at radius 3 is 2.29 bits per heavy atom. The van der Waals surface area contributed by atoms with Crippen molar-refractivity contribution in [3.05, 3.63) is 0 Å². The summed E-state index contributed by atoms with van der Waals surface area (Å²) in [7, 11) is 0. The van der Waals surface area contributed by atoms with E-state index in [4.69, 9.17) is 15.2 Å². The fourth-order valence-electron chi connectivity index (χ4n) is 3.33. The van der Waals surface area contributed by atoms with Gasteiger partial charge in [-0.2, -0.15) is 0 Å². The number of esters is 2. The van der Waals surface area contributed by atoms with Gasteiger partial charge in [0.2, 0.25) is 0 Å². The van der Waals surface area contributed by atoms with Crippen LogP contribution in [0.5, 0.6) is 0 Å². The topological polar surface area (TPSA) is 128 Å². The number of carbonyl (C=O) groups is 3. The first-order valence-corrected chi connectivity index (χ1v) is 10.2. The molecular formula is C20H36N2O6. The molecule has 0 heterocycles. The first-order valence-electron chi connectivity index (χ1n) is 10.2. The van der Waals surface area contributed by atoms with E-state index in [1.54, 1.807) is 20.8 Å². The highest BCUT2D eigenvalue weighted by atomic mass is 16.6. The van der Waals surface area contributed by atoms with Crippen molar-refractivity contribution in [1.29, 1.82) is 0 Å². The smallest absolute Gasteiger partial charge is 0.408 e. The fraction of sp³-hybridized carbons (Fsp3) is 0.850. The summed E-state index contributed by atoms with van der Waals surface area (Å²) in [5.41, 5.74) is 5.24. The van der Waals surface area contributed by atoms with Crippen molar-refractivity contribution in [2.45, 2.75) is 103 Å². The van der Waals surface area contributed by atoms with E-state index in [2.05, 4.69) is 5.32 Å². The maximum atomic E-state index is 12.3. The Morgan fingerprint density at radius 1 is 1.14 bits per heavy atom. The average molecular weight is 401 g/mol. The minimum Gasteiger partial charge on any atom is -0.444 e. The Balaban J connectivity index is 2.57. The second-order valence-corrected chi connectivity index (χ2v) is 8.58. The lowest BCUT2D eigenvalue weighted by Gasteiger charge is -2.26. The van der Waals surface area contributed by atoms with Gasteiger partial charge in [-0.15, -0.1) is 0 Å². The van der Waals surface area contributed by atoms with Crippen LogP contribution in [0.4, 0.5) is 4.79 Å². The van der Waals surface area contributed by atoms with E-state index >= 15 is 0 Å². The Bertz CT molecular complexity index is 525. The van der Waals surface area contributed by atoms with Gasteiger partial charge >= 0.3 is 18.0 Å². The molecular weight excluding hydrogens is 364 g/mol. The predicted octanol–water partition coefficient (Wildman–Crippen LogP) is 2.41. The molecule has 4 N–H and O–H groups in total. The summed E-state index contributed by atoms with van der Waals surface area (Å²) in [5.74, 6) is -1.63. The number of alkyl carbamates (subject to hydrolysis) is 1. The quantitative estimate of drug-likeness (QED) is 0.421. The zero-order valence-corrected chi connectivity index (χ0v) is 17.5. The minimum atomic E-state index is -1.57. The van der Waals surface area contributed by atoms with Crippen molar-refractivity contribution in [2.24, 2.45) is 11.7 Å². The summed E-state index contributed by atoms with van der Waals surface area (Å²) in [4.78, 5) is 36.3. The summed E-state index contributed by atoms with van der Waals surface area (Å²) in [6, 6.07) is -1.82. The highest BCUT2D eigenvalue weighted by Crippen LogP contribution is 2.27. The summed E-state index contributed by atoms with van der Waals surface area (Å²) in [6.07, 6.45) is 4.55. The second kappa shape index (κ2) is 11.4. The van der Waals surface area contributed by atoms with Crippen LogP contribution in [0.2, 0.25) is 0 Å². The van der Waals surface area contributed by atoms with Gasteiger partial charge in [-0.3, -0.25) is 0 Å². The molecule has 8 heteroatoms. The van der Waals surface area contributed by atoms with Crippen molar-refractivity contribution in [2.75, 3.05) is 0 Å². The van der Waals surface area contributed by atoms with Gasteiger partial charge in [0.05, 0.1) is 0 Å². The first-order chi connectivity index (χ1) is 13.0. The third-order valence-corrected chi connectivity index (χ3v) is 4.73. The molecule has 1 aliphatic rings. The fourth-order valence-corrected chi connectivity index (χ4v) is 3.33. The van der Waals surface area contributed by atoms with Crippen LogP contribution in [0.3, 0.4) is 0 Å². The Labute approximate surface area is 167 Å². The van der Waals surface area contributed by atoms with E-state index in [0.717, 1.165) is 25.7 Å². The van der Waals surface area contributed by atoms with Crippen molar-refractivity contribution in [3.63, 3.8) is 0 Å². The van der Waals surface area contributed by atoms with E-state index in [9.17, 15) is 19.5 Å². The zero-order valence-electron chi connectivity index (χ0n) is 17.5. The third kappa shape index (κ3) is 9.01. The SMILES string of the molecule is CCC[C@H](NC(=O)OC(C)(C)C)C(=O)OC(=O)C(O)C(N)CC1CCCCC1. The first kappa shape index (κ1) is 24.4. The van der Waals surface area contributed by atoms with Crippen LogP contribution in [0, 0.1) is 5.92 Å². The van der Waals surface area contributed by atoms with E-state index in [0.29, 0.717) is 18.8 Å². The number of hydrogen-bond donors (Lipinski definition) is 3. The number of nitrogens with one attached hydrogen (secondary N) is 1. The van der Waals surface area contributed by atoms with Crippen molar-refractivity contribution < 1.29 is 29.0 Å². The molecule has 0 bridgehead atoms. The summed E-state index contributed by atoms with van der Waals surface area (Å²) in [5, 5.41) is 12.6. The number of aliphatic hydroxyl groups excluding tert-OH is 1. The van der Waals surface area contributed by atoms with Crippen LogP contribution in [-0.2, 0) is 19.1 Å². The van der Waals surface area contributed by atoms with Crippen LogP contribution in [-0.4, -0.2) is 46.9 Å². The van der Waals surface area contributed by atoms with Gasteiger partial charge in [-0.1, -0.05) is 45.4 Å². The van der Waals surface area contributed by atoms with Crippen LogP contribution >= 0.6 is 0 Å². The van der Waals surface area contributed by atoms with Crippen LogP contribution < -0.4 is 11.1 Å². The van der Waals surface area contributed by atoms with E-state index in [-0.39, 0.29) is 6.42 Å². The monoisotopic (exact) mass is 400 g/mol. The molecule has 0 saturated heterocycles. The molecule has 1 rings (SSSR count). The van der Waals surface area contributed by atoms with Crippen molar-refractivity contribution in [3.8, 4) is 0 Å². The van der Waals surface area contributed by atoms with E-state index in [1.807, 2.05) is 6.92 Å². The van der Waals surface area contributed by atoms with Crippen LogP contribution in [0.1, 0.15) is 79.1 Å². The number of nitrogens with two attached hydrogens (primary N) is 1. The molecule has 0 spiro atoms. The number of carbonyl (C=O) groups excluding carboxylic acids is 3. The Kier molecular flexibility index (Phi) is 9.89. The highest BCUT2D eigenvalue weighted by Gasteiger charge is 2.32. The minimum absolute atomic E-state index is 0.273. The number of amides is 1. The lowest BCUT2D eigenvalue weighted by Crippen LogP contribution is -2.48. The molecule has 8 nitrogen and oxygen atoms in total. The molecule has 0 aromatic rings. The van der Waals surface area contributed by atoms with Gasteiger partial charge < -0.3 is 25.6 Å². The Hall–Kier alpha value is -1.67. The molecule has 0 aromatic carbocycles. The summed E-state index contributed by atoms with van der Waals surface area (Å²) >= 11 is 0. The van der Waals surface area contributed by atoms with Gasteiger partial charge in [-0.25, -0.2) is 14.4 Å². The average Bonchev–Trinajstić information content (AvgIpc) is 2.59. The number of ether oxygens (including phenoxy) is 2. The number of rotatable bonds is 8. The van der Waals surface area contributed by atoms with Crippen LogP contribution in [0.25, 0.3) is 0 Å². The molecule has 162 valence electrons. The van der Waals surface area contributed by atoms with Gasteiger partial charge in [0.1, 0.15) is 11.6 Å². The normalized spacial score (nSPS) is 18.6. The number of aliphatic hydroxyl groups is 1. The summed E-state index contributed by atoms with van der Waals surface area (Å²) < 4.78 is 9.92. The summed E-state index contributed by atoms with van der Waals surface area (Å²) in [6.45, 7) is 6.93. The van der Waals surface area contributed by atoms with Crippen LogP contribution in [0.15, 0.2) is 0 Å². The molecule has 3 atom stereocenters. The highest BCUT2D eigenvalue weighted by molar-refractivity contribution is 5.92. The maximum absolute atomic E-state index is 12.3. The molecule has 0 radical (unpaired) electrons. The maximum Gasteiger partial charge on any atom is 0.408 e. The van der Waals surface area contributed by atoms with Gasteiger partial charge in [-0.05, 0) is 39.5 Å². The zero-order chi connectivity index (χ0) is 21.3. The lowest BCUT2D eigenvalue weighted by atomic mass is 9.84. The predicted molar refractivity (Wildman–Crippen MR) is 104 cm³/mol. The largest absolute Gasteiger partial charge is 0.444 e. The molecule has 0 aliphatic heterocycles. The number of hydrogen-bond acceptors (Lipinski definition) is 7. The lowest BCUT2D eigenvalue weighted by molar-refractivity contribution is -0.168. The third-order valence-electron chi connectivity index (χ3n) is 4.73. The molecule has 1 aliphatic carbocycles. The standard InChI is InChI=1S/C20H36N2O6/c1-5-9-15(22-19(26)28-20(2,3)4)17(24)27-18(25)16(23)14(21)12-13-10-7-6-8-11-13/h13-16,23H,5-12,21H2,1-4H3,(H,22,26)/t14?,15-,16?/m0/s1. The van der Waals surface area contributed by atoms with E-state index < -0.39 is 41.8 Å². The van der Waals surface area contributed by atoms with Gasteiger partial charge in [0, 0.05) is 6.04 Å². The van der Waals surface area contributed by atoms with Crippen molar-refractivity contribution >= 4 is 18.0 Å². The van der Waals surface area contributed by atoms with Gasteiger partial charge in [0.15, 0.2) is 6.10 Å². The second-order valence-electron chi connectivity index (χ2n) is 8.58. The van der Waals surface area contributed by atoms with E-state index in [1.165, 1.54) is 6.42 Å².